The molecular formula is C13H24N2O3. The van der Waals surface area contributed by atoms with Crippen molar-refractivity contribution in [1.29, 1.82) is 0 Å². The zero-order valence-corrected chi connectivity index (χ0v) is 11.7. The molecule has 0 aromatic heterocycles. The summed E-state index contributed by atoms with van der Waals surface area (Å²) in [6.07, 6.45) is 0.369. The van der Waals surface area contributed by atoms with Crippen LogP contribution in [0, 0.1) is 5.92 Å². The standard InChI is InChI=1S/C13H24N2O3/c1-5-18-10(4)8-15-7-6-11(16)14-12(9(2)3)13(15)17/h9-10,12H,5-8H2,1-4H3,(H,14,16). The van der Waals surface area contributed by atoms with E-state index in [0.29, 0.717) is 26.1 Å². The fourth-order valence-electron chi connectivity index (χ4n) is 2.13. The second-order valence-corrected chi connectivity index (χ2v) is 5.09. The third-order valence-electron chi connectivity index (χ3n) is 3.10. The van der Waals surface area contributed by atoms with Gasteiger partial charge in [-0.15, -0.1) is 0 Å². The highest BCUT2D eigenvalue weighted by molar-refractivity contribution is 5.90. The first-order chi connectivity index (χ1) is 8.45. The van der Waals surface area contributed by atoms with E-state index in [4.69, 9.17) is 4.74 Å². The number of hydrogen-bond acceptors (Lipinski definition) is 3. The van der Waals surface area contributed by atoms with Crippen LogP contribution in [-0.4, -0.2) is 48.6 Å². The molecule has 0 aromatic rings. The fraction of sp³-hybridized carbons (Fsp3) is 0.846. The van der Waals surface area contributed by atoms with Crippen LogP contribution in [0.25, 0.3) is 0 Å². The second-order valence-electron chi connectivity index (χ2n) is 5.09. The molecule has 0 aliphatic carbocycles. The normalized spacial score (nSPS) is 22.9. The molecule has 1 aliphatic rings. The molecule has 0 bridgehead atoms. The maximum absolute atomic E-state index is 12.3. The second kappa shape index (κ2) is 6.73. The third-order valence-corrected chi connectivity index (χ3v) is 3.10. The highest BCUT2D eigenvalue weighted by Crippen LogP contribution is 2.12. The van der Waals surface area contributed by atoms with Crippen molar-refractivity contribution in [2.45, 2.75) is 46.3 Å². The molecule has 0 spiro atoms. The summed E-state index contributed by atoms with van der Waals surface area (Å²) in [7, 11) is 0. The van der Waals surface area contributed by atoms with Gasteiger partial charge in [0.25, 0.3) is 0 Å². The molecule has 1 rings (SSSR count). The molecule has 0 radical (unpaired) electrons. The zero-order chi connectivity index (χ0) is 13.7. The highest BCUT2D eigenvalue weighted by Gasteiger charge is 2.32. The minimum atomic E-state index is -0.408. The predicted molar refractivity (Wildman–Crippen MR) is 69.1 cm³/mol. The van der Waals surface area contributed by atoms with E-state index in [1.165, 1.54) is 0 Å². The maximum Gasteiger partial charge on any atom is 0.245 e. The lowest BCUT2D eigenvalue weighted by molar-refractivity contribution is -0.136. The van der Waals surface area contributed by atoms with Crippen LogP contribution in [-0.2, 0) is 14.3 Å². The van der Waals surface area contributed by atoms with Gasteiger partial charge in [-0.3, -0.25) is 9.59 Å². The molecule has 1 N–H and O–H groups in total. The summed E-state index contributed by atoms with van der Waals surface area (Å²) in [5, 5.41) is 2.79. The quantitative estimate of drug-likeness (QED) is 0.791. The van der Waals surface area contributed by atoms with Crippen LogP contribution < -0.4 is 5.32 Å². The Morgan fingerprint density at radius 3 is 2.61 bits per heavy atom. The van der Waals surface area contributed by atoms with Crippen LogP contribution in [0.1, 0.15) is 34.1 Å². The van der Waals surface area contributed by atoms with Crippen molar-refractivity contribution >= 4 is 11.8 Å². The smallest absolute Gasteiger partial charge is 0.245 e. The fourth-order valence-corrected chi connectivity index (χ4v) is 2.13. The van der Waals surface area contributed by atoms with Crippen molar-refractivity contribution in [3.05, 3.63) is 0 Å². The highest BCUT2D eigenvalue weighted by atomic mass is 16.5. The average molecular weight is 256 g/mol. The van der Waals surface area contributed by atoms with Gasteiger partial charge in [0.2, 0.25) is 11.8 Å². The first-order valence-corrected chi connectivity index (χ1v) is 6.65. The van der Waals surface area contributed by atoms with E-state index < -0.39 is 6.04 Å². The first kappa shape index (κ1) is 15.0. The number of ether oxygens (including phenoxy) is 1. The van der Waals surface area contributed by atoms with Gasteiger partial charge >= 0.3 is 0 Å². The number of carbonyl (C=O) groups excluding carboxylic acids is 2. The summed E-state index contributed by atoms with van der Waals surface area (Å²) in [5.74, 6) is 0.0560. The molecule has 1 aliphatic heterocycles. The van der Waals surface area contributed by atoms with E-state index in [2.05, 4.69) is 5.32 Å². The van der Waals surface area contributed by atoms with Crippen molar-refractivity contribution in [3.8, 4) is 0 Å². The Kier molecular flexibility index (Phi) is 5.59. The Balaban J connectivity index is 2.71. The van der Waals surface area contributed by atoms with Crippen LogP contribution in [0.4, 0.5) is 0 Å². The summed E-state index contributed by atoms with van der Waals surface area (Å²) < 4.78 is 5.46. The zero-order valence-electron chi connectivity index (χ0n) is 11.7. The van der Waals surface area contributed by atoms with Crippen molar-refractivity contribution in [3.63, 3.8) is 0 Å². The van der Waals surface area contributed by atoms with E-state index in [0.717, 1.165) is 0 Å². The Bertz CT molecular complexity index is 305. The average Bonchev–Trinajstić information content (AvgIpc) is 2.42. The van der Waals surface area contributed by atoms with Gasteiger partial charge in [0.05, 0.1) is 6.10 Å². The summed E-state index contributed by atoms with van der Waals surface area (Å²) in [4.78, 5) is 25.6. The molecule has 1 heterocycles. The molecule has 5 nitrogen and oxygen atoms in total. The van der Waals surface area contributed by atoms with E-state index in [9.17, 15) is 9.59 Å². The molecule has 0 saturated carbocycles. The number of amides is 2. The third kappa shape index (κ3) is 3.98. The van der Waals surface area contributed by atoms with Crippen LogP contribution >= 0.6 is 0 Å². The lowest BCUT2D eigenvalue weighted by Gasteiger charge is -2.28. The van der Waals surface area contributed by atoms with E-state index in [1.54, 1.807) is 4.90 Å². The van der Waals surface area contributed by atoms with Gasteiger partial charge in [0, 0.05) is 26.1 Å². The minimum absolute atomic E-state index is 0.0000331. The van der Waals surface area contributed by atoms with Gasteiger partial charge in [-0.25, -0.2) is 0 Å². The van der Waals surface area contributed by atoms with Crippen molar-refractivity contribution in [2.75, 3.05) is 19.7 Å². The van der Waals surface area contributed by atoms with Gasteiger partial charge in [-0.2, -0.15) is 0 Å². The van der Waals surface area contributed by atoms with Crippen LogP contribution in [0.15, 0.2) is 0 Å². The van der Waals surface area contributed by atoms with Gasteiger partial charge in [-0.05, 0) is 19.8 Å². The summed E-state index contributed by atoms with van der Waals surface area (Å²) in [5.41, 5.74) is 0. The van der Waals surface area contributed by atoms with Crippen LogP contribution in [0.5, 0.6) is 0 Å². The van der Waals surface area contributed by atoms with Crippen LogP contribution in [0.3, 0.4) is 0 Å². The lowest BCUT2D eigenvalue weighted by atomic mass is 10.0. The van der Waals surface area contributed by atoms with Crippen molar-refractivity contribution in [2.24, 2.45) is 5.92 Å². The molecule has 2 unspecified atom stereocenters. The van der Waals surface area contributed by atoms with Gasteiger partial charge in [-0.1, -0.05) is 13.8 Å². The van der Waals surface area contributed by atoms with Gasteiger partial charge in [0.15, 0.2) is 0 Å². The molecule has 2 atom stereocenters. The molecule has 18 heavy (non-hydrogen) atoms. The predicted octanol–water partition coefficient (Wildman–Crippen LogP) is 0.784. The number of rotatable bonds is 5. The SMILES string of the molecule is CCOC(C)CN1CCC(=O)NC(C(C)C)C1=O. The summed E-state index contributed by atoms with van der Waals surface area (Å²) in [6.45, 7) is 9.42. The minimum Gasteiger partial charge on any atom is -0.377 e. The Morgan fingerprint density at radius 1 is 1.39 bits per heavy atom. The molecule has 104 valence electrons. The number of hydrogen-bond donors (Lipinski definition) is 1. The lowest BCUT2D eigenvalue weighted by Crippen LogP contribution is -2.49. The monoisotopic (exact) mass is 256 g/mol. The largest absolute Gasteiger partial charge is 0.377 e. The van der Waals surface area contributed by atoms with Gasteiger partial charge in [0.1, 0.15) is 6.04 Å². The van der Waals surface area contributed by atoms with E-state index >= 15 is 0 Å². The van der Waals surface area contributed by atoms with E-state index in [1.807, 2.05) is 27.7 Å². The summed E-state index contributed by atoms with van der Waals surface area (Å²) in [6, 6.07) is -0.408. The van der Waals surface area contributed by atoms with Crippen molar-refractivity contribution < 1.29 is 14.3 Å². The summed E-state index contributed by atoms with van der Waals surface area (Å²) >= 11 is 0. The Labute approximate surface area is 109 Å². The van der Waals surface area contributed by atoms with Crippen LogP contribution in [0.2, 0.25) is 0 Å². The first-order valence-electron chi connectivity index (χ1n) is 6.65. The number of nitrogens with one attached hydrogen (secondary N) is 1. The Hall–Kier alpha value is -1.10. The molecule has 2 amide bonds. The molecule has 0 aromatic carbocycles. The van der Waals surface area contributed by atoms with Crippen molar-refractivity contribution in [1.82, 2.24) is 10.2 Å². The maximum atomic E-state index is 12.3. The topological polar surface area (TPSA) is 58.6 Å². The number of carbonyl (C=O) groups is 2. The molecule has 5 heteroatoms. The van der Waals surface area contributed by atoms with Gasteiger partial charge < -0.3 is 15.0 Å². The Morgan fingerprint density at radius 2 is 2.06 bits per heavy atom. The van der Waals surface area contributed by atoms with E-state index in [-0.39, 0.29) is 23.8 Å². The molecule has 1 saturated heterocycles. The molecular weight excluding hydrogens is 232 g/mol. The molecule has 1 fully saturated rings. The number of nitrogens with zero attached hydrogens (tertiary/aromatic N) is 1.